The molecule has 0 aliphatic rings. The first-order chi connectivity index (χ1) is 10.1. The van der Waals surface area contributed by atoms with Gasteiger partial charge in [0.15, 0.2) is 0 Å². The summed E-state index contributed by atoms with van der Waals surface area (Å²) in [4.78, 5) is 22.6. The Morgan fingerprint density at radius 2 is 1.57 bits per heavy atom. The van der Waals surface area contributed by atoms with Crippen molar-refractivity contribution in [3.63, 3.8) is 0 Å². The van der Waals surface area contributed by atoms with Gasteiger partial charge in [-0.1, -0.05) is 36.4 Å². The molecule has 2 aromatic carbocycles. The van der Waals surface area contributed by atoms with Crippen molar-refractivity contribution in [2.24, 2.45) is 0 Å². The van der Waals surface area contributed by atoms with Gasteiger partial charge in [0.05, 0.1) is 0 Å². The summed E-state index contributed by atoms with van der Waals surface area (Å²) < 4.78 is 0. The number of aryl methyl sites for hydroxylation is 1. The van der Waals surface area contributed by atoms with E-state index in [1.807, 2.05) is 24.3 Å². The van der Waals surface area contributed by atoms with Crippen LogP contribution in [0.3, 0.4) is 0 Å². The predicted octanol–water partition coefficient (Wildman–Crippen LogP) is 3.35. The number of carboxylic acid groups (broad SMARTS) is 1. The van der Waals surface area contributed by atoms with E-state index in [1.165, 1.54) is 0 Å². The number of amides is 2. The molecule has 2 amide bonds. The third-order valence-electron chi connectivity index (χ3n) is 2.91. The van der Waals surface area contributed by atoms with Crippen molar-refractivity contribution in [2.45, 2.75) is 12.8 Å². The van der Waals surface area contributed by atoms with E-state index in [2.05, 4.69) is 10.6 Å². The molecule has 2 rings (SSSR count). The van der Waals surface area contributed by atoms with Crippen LogP contribution < -0.4 is 10.6 Å². The molecule has 0 saturated carbocycles. The maximum absolute atomic E-state index is 11.9. The number of benzene rings is 2. The van der Waals surface area contributed by atoms with Gasteiger partial charge in [0.25, 0.3) is 0 Å². The van der Waals surface area contributed by atoms with E-state index in [1.54, 1.807) is 30.3 Å². The van der Waals surface area contributed by atoms with Gasteiger partial charge in [0, 0.05) is 17.8 Å². The first-order valence-electron chi connectivity index (χ1n) is 6.58. The Labute approximate surface area is 122 Å². The van der Waals surface area contributed by atoms with Crippen molar-refractivity contribution < 1.29 is 14.7 Å². The molecule has 3 N–H and O–H groups in total. The molecule has 0 bridgehead atoms. The Morgan fingerprint density at radius 1 is 0.905 bits per heavy atom. The second-order valence-corrected chi connectivity index (χ2v) is 4.50. The number of carbonyl (C=O) groups excluding carboxylic acids is 1. The normalized spacial score (nSPS) is 9.90. The zero-order valence-corrected chi connectivity index (χ0v) is 11.4. The quantitative estimate of drug-likeness (QED) is 0.787. The van der Waals surface area contributed by atoms with Gasteiger partial charge < -0.3 is 15.7 Å². The highest BCUT2D eigenvalue weighted by Gasteiger charge is 2.08. The molecule has 0 atom stereocenters. The fraction of sp³-hybridized carbons (Fsp3) is 0.125. The minimum absolute atomic E-state index is 0.0268. The largest absolute Gasteiger partial charge is 0.481 e. The summed E-state index contributed by atoms with van der Waals surface area (Å²) in [6.07, 6.45) is 0.399. The van der Waals surface area contributed by atoms with Gasteiger partial charge in [-0.05, 0) is 30.2 Å². The second kappa shape index (κ2) is 7.09. The standard InChI is InChI=1S/C16H16N2O3/c19-15(20)11-10-12-6-4-5-9-14(12)18-16(21)17-13-7-2-1-3-8-13/h1-9H,10-11H2,(H,19,20)(H2,17,18,21). The zero-order valence-electron chi connectivity index (χ0n) is 11.4. The Kier molecular flexibility index (Phi) is 4.93. The second-order valence-electron chi connectivity index (χ2n) is 4.50. The third kappa shape index (κ3) is 4.65. The summed E-state index contributed by atoms with van der Waals surface area (Å²) in [6, 6.07) is 15.9. The monoisotopic (exact) mass is 284 g/mol. The summed E-state index contributed by atoms with van der Waals surface area (Å²) in [5, 5.41) is 14.2. The van der Waals surface area contributed by atoms with Crippen molar-refractivity contribution in [2.75, 3.05) is 10.6 Å². The van der Waals surface area contributed by atoms with Gasteiger partial charge in [0.1, 0.15) is 0 Å². The van der Waals surface area contributed by atoms with Gasteiger partial charge in [-0.3, -0.25) is 4.79 Å². The molecule has 21 heavy (non-hydrogen) atoms. The van der Waals surface area contributed by atoms with Gasteiger partial charge in [-0.15, -0.1) is 0 Å². The molecule has 0 spiro atoms. The summed E-state index contributed by atoms with van der Waals surface area (Å²) in [7, 11) is 0. The van der Waals surface area contributed by atoms with Crippen molar-refractivity contribution in [1.82, 2.24) is 0 Å². The van der Waals surface area contributed by atoms with Crippen LogP contribution in [0.25, 0.3) is 0 Å². The van der Waals surface area contributed by atoms with Crippen LogP contribution in [-0.4, -0.2) is 17.1 Å². The van der Waals surface area contributed by atoms with Crippen LogP contribution in [0.5, 0.6) is 0 Å². The van der Waals surface area contributed by atoms with Crippen LogP contribution in [0.15, 0.2) is 54.6 Å². The molecule has 108 valence electrons. The lowest BCUT2D eigenvalue weighted by Crippen LogP contribution is -2.20. The van der Waals surface area contributed by atoms with Crippen LogP contribution in [0, 0.1) is 0 Å². The molecule has 0 radical (unpaired) electrons. The summed E-state index contributed by atoms with van der Waals surface area (Å²) in [5.74, 6) is -0.862. The lowest BCUT2D eigenvalue weighted by atomic mass is 10.1. The number of para-hydroxylation sites is 2. The van der Waals surface area contributed by atoms with Crippen LogP contribution in [0.1, 0.15) is 12.0 Å². The molecule has 0 aromatic heterocycles. The smallest absolute Gasteiger partial charge is 0.323 e. The van der Waals surface area contributed by atoms with E-state index in [0.717, 1.165) is 5.56 Å². The van der Waals surface area contributed by atoms with E-state index in [9.17, 15) is 9.59 Å². The minimum atomic E-state index is -0.862. The number of aliphatic carboxylic acids is 1. The van der Waals surface area contributed by atoms with Crippen molar-refractivity contribution >= 4 is 23.4 Å². The topological polar surface area (TPSA) is 78.4 Å². The molecule has 0 heterocycles. The van der Waals surface area contributed by atoms with Crippen LogP contribution >= 0.6 is 0 Å². The van der Waals surface area contributed by atoms with Crippen LogP contribution in [0.2, 0.25) is 0 Å². The summed E-state index contributed by atoms with van der Waals surface area (Å²) in [5.41, 5.74) is 2.10. The molecule has 5 nitrogen and oxygen atoms in total. The number of carboxylic acids is 1. The molecule has 0 unspecified atom stereocenters. The summed E-state index contributed by atoms with van der Waals surface area (Å²) in [6.45, 7) is 0. The van der Waals surface area contributed by atoms with E-state index < -0.39 is 5.97 Å². The molecule has 2 aromatic rings. The van der Waals surface area contributed by atoms with Gasteiger partial charge >= 0.3 is 12.0 Å². The number of hydrogen-bond acceptors (Lipinski definition) is 2. The predicted molar refractivity (Wildman–Crippen MR) is 81.5 cm³/mol. The highest BCUT2D eigenvalue weighted by Crippen LogP contribution is 2.17. The maximum Gasteiger partial charge on any atom is 0.323 e. The molecule has 0 aliphatic carbocycles. The van der Waals surface area contributed by atoms with Crippen molar-refractivity contribution in [3.05, 3.63) is 60.2 Å². The molecule has 5 heteroatoms. The molecule has 0 saturated heterocycles. The van der Waals surface area contributed by atoms with E-state index in [4.69, 9.17) is 5.11 Å². The average molecular weight is 284 g/mol. The fourth-order valence-corrected chi connectivity index (χ4v) is 1.91. The number of hydrogen-bond donors (Lipinski definition) is 3. The van der Waals surface area contributed by atoms with Crippen molar-refractivity contribution in [3.8, 4) is 0 Å². The highest BCUT2D eigenvalue weighted by molar-refractivity contribution is 6.00. The van der Waals surface area contributed by atoms with E-state index in [0.29, 0.717) is 17.8 Å². The van der Waals surface area contributed by atoms with E-state index >= 15 is 0 Å². The Hall–Kier alpha value is -2.82. The number of urea groups is 1. The first-order valence-corrected chi connectivity index (χ1v) is 6.58. The third-order valence-corrected chi connectivity index (χ3v) is 2.91. The lowest BCUT2D eigenvalue weighted by Gasteiger charge is -2.11. The summed E-state index contributed by atoms with van der Waals surface area (Å²) >= 11 is 0. The number of carbonyl (C=O) groups is 2. The number of rotatable bonds is 5. The maximum atomic E-state index is 11.9. The van der Waals surface area contributed by atoms with Gasteiger partial charge in [0.2, 0.25) is 0 Å². The minimum Gasteiger partial charge on any atom is -0.481 e. The van der Waals surface area contributed by atoms with Gasteiger partial charge in [-0.25, -0.2) is 4.79 Å². The highest BCUT2D eigenvalue weighted by atomic mass is 16.4. The average Bonchev–Trinajstić information content (AvgIpc) is 2.47. The zero-order chi connectivity index (χ0) is 15.1. The fourth-order valence-electron chi connectivity index (χ4n) is 1.91. The Balaban J connectivity index is 2.01. The first kappa shape index (κ1) is 14.6. The van der Waals surface area contributed by atoms with Gasteiger partial charge in [-0.2, -0.15) is 0 Å². The Bertz CT molecular complexity index is 626. The van der Waals surface area contributed by atoms with Crippen LogP contribution in [0.4, 0.5) is 16.2 Å². The molecule has 0 aliphatic heterocycles. The van der Waals surface area contributed by atoms with Crippen molar-refractivity contribution in [1.29, 1.82) is 0 Å². The number of nitrogens with one attached hydrogen (secondary N) is 2. The molecule has 0 fully saturated rings. The molecular formula is C16H16N2O3. The number of anilines is 2. The lowest BCUT2D eigenvalue weighted by molar-refractivity contribution is -0.136. The molecular weight excluding hydrogens is 268 g/mol. The SMILES string of the molecule is O=C(O)CCc1ccccc1NC(=O)Nc1ccccc1. The van der Waals surface area contributed by atoms with Crippen LogP contribution in [-0.2, 0) is 11.2 Å². The Morgan fingerprint density at radius 3 is 2.29 bits per heavy atom. The van der Waals surface area contributed by atoms with E-state index in [-0.39, 0.29) is 12.5 Å².